The van der Waals surface area contributed by atoms with Crippen LogP contribution in [-0.4, -0.2) is 41.3 Å². The molecule has 0 saturated carbocycles. The average molecular weight is 343 g/mol. The van der Waals surface area contributed by atoms with Crippen molar-refractivity contribution in [1.82, 2.24) is 15.6 Å². The van der Waals surface area contributed by atoms with E-state index in [1.54, 1.807) is 6.92 Å². The lowest BCUT2D eigenvalue weighted by molar-refractivity contribution is -0.142. The number of benzene rings is 1. The number of H-pyrrole nitrogens is 1. The lowest BCUT2D eigenvalue weighted by Crippen LogP contribution is -2.29. The van der Waals surface area contributed by atoms with Crippen molar-refractivity contribution in [2.45, 2.75) is 25.8 Å². The molecular weight excluding hydrogens is 326 g/mol. The molecule has 130 valence electrons. The Morgan fingerprint density at radius 3 is 2.68 bits per heavy atom. The van der Waals surface area contributed by atoms with E-state index in [-0.39, 0.29) is 25.2 Å². The van der Waals surface area contributed by atoms with Crippen molar-refractivity contribution in [2.24, 2.45) is 0 Å². The number of amides is 3. The van der Waals surface area contributed by atoms with Crippen LogP contribution in [0, 0.1) is 6.92 Å². The first-order valence-electron chi connectivity index (χ1n) is 7.83. The number of carbonyl (C=O) groups is 4. The topological polar surface area (TPSA) is 117 Å². The van der Waals surface area contributed by atoms with Gasteiger partial charge in [-0.1, -0.05) is 18.2 Å². The lowest BCUT2D eigenvalue weighted by atomic mass is 10.1. The third kappa shape index (κ3) is 3.52. The molecule has 1 fully saturated rings. The highest BCUT2D eigenvalue weighted by molar-refractivity contribution is 6.10. The van der Waals surface area contributed by atoms with Crippen LogP contribution in [0.3, 0.4) is 0 Å². The van der Waals surface area contributed by atoms with Crippen LogP contribution in [0.25, 0.3) is 10.9 Å². The van der Waals surface area contributed by atoms with E-state index in [0.717, 1.165) is 10.9 Å². The second-order valence-corrected chi connectivity index (χ2v) is 5.81. The number of nitrogens with one attached hydrogen (secondary N) is 3. The SMILES string of the molecule is Cc1[nH]c2ccccc2c1C(=O)COC(=O)CCC1NC(=O)NC1=O. The van der Waals surface area contributed by atoms with E-state index >= 15 is 0 Å². The van der Waals surface area contributed by atoms with Gasteiger partial charge in [-0.15, -0.1) is 0 Å². The number of Topliss-reactive ketones (excluding diaryl/α,β-unsaturated/α-hetero) is 1. The van der Waals surface area contributed by atoms with Crippen LogP contribution in [0.15, 0.2) is 24.3 Å². The van der Waals surface area contributed by atoms with Gasteiger partial charge in [-0.2, -0.15) is 0 Å². The molecule has 2 heterocycles. The van der Waals surface area contributed by atoms with E-state index in [1.807, 2.05) is 24.3 Å². The van der Waals surface area contributed by atoms with Gasteiger partial charge in [0.15, 0.2) is 6.61 Å². The molecule has 3 rings (SSSR count). The van der Waals surface area contributed by atoms with E-state index in [9.17, 15) is 19.2 Å². The molecule has 0 aliphatic carbocycles. The predicted molar refractivity (Wildman–Crippen MR) is 88.0 cm³/mol. The number of rotatable bonds is 6. The van der Waals surface area contributed by atoms with Crippen LogP contribution in [0.4, 0.5) is 4.79 Å². The summed E-state index contributed by atoms with van der Waals surface area (Å²) in [6.07, 6.45) is 0.0508. The molecule has 1 atom stereocenters. The van der Waals surface area contributed by atoms with Crippen molar-refractivity contribution in [3.05, 3.63) is 35.5 Å². The Balaban J connectivity index is 1.55. The van der Waals surface area contributed by atoms with Crippen molar-refractivity contribution < 1.29 is 23.9 Å². The van der Waals surface area contributed by atoms with E-state index in [1.165, 1.54) is 0 Å². The Morgan fingerprint density at radius 1 is 1.20 bits per heavy atom. The van der Waals surface area contributed by atoms with Gasteiger partial charge in [-0.05, 0) is 19.4 Å². The Bertz CT molecular complexity index is 870. The lowest BCUT2D eigenvalue weighted by Gasteiger charge is -2.07. The summed E-state index contributed by atoms with van der Waals surface area (Å²) in [5.41, 5.74) is 2.07. The Labute approximate surface area is 142 Å². The fourth-order valence-electron chi connectivity index (χ4n) is 2.85. The van der Waals surface area contributed by atoms with Crippen molar-refractivity contribution in [3.63, 3.8) is 0 Å². The summed E-state index contributed by atoms with van der Waals surface area (Å²) in [7, 11) is 0. The third-order valence-corrected chi connectivity index (χ3v) is 4.03. The summed E-state index contributed by atoms with van der Waals surface area (Å²) in [6, 6.07) is 6.07. The second kappa shape index (κ2) is 6.76. The van der Waals surface area contributed by atoms with Crippen LogP contribution < -0.4 is 10.6 Å². The van der Waals surface area contributed by atoms with Crippen molar-refractivity contribution in [1.29, 1.82) is 0 Å². The van der Waals surface area contributed by atoms with Gasteiger partial charge in [0.2, 0.25) is 5.78 Å². The largest absolute Gasteiger partial charge is 0.457 e. The molecule has 0 bridgehead atoms. The van der Waals surface area contributed by atoms with E-state index < -0.39 is 23.9 Å². The summed E-state index contributed by atoms with van der Waals surface area (Å²) in [5.74, 6) is -1.36. The molecule has 3 N–H and O–H groups in total. The number of aromatic nitrogens is 1. The second-order valence-electron chi connectivity index (χ2n) is 5.81. The zero-order chi connectivity index (χ0) is 18.0. The first-order chi connectivity index (χ1) is 12.0. The molecule has 8 nitrogen and oxygen atoms in total. The summed E-state index contributed by atoms with van der Waals surface area (Å²) in [5, 5.41) is 5.26. The fraction of sp³-hybridized carbons (Fsp3) is 0.294. The molecular formula is C17H17N3O5. The van der Waals surface area contributed by atoms with Gasteiger partial charge in [0.05, 0.1) is 0 Å². The highest BCUT2D eigenvalue weighted by atomic mass is 16.5. The first kappa shape index (κ1) is 16.7. The van der Waals surface area contributed by atoms with Gasteiger partial charge in [0.1, 0.15) is 6.04 Å². The van der Waals surface area contributed by atoms with Gasteiger partial charge in [-0.3, -0.25) is 19.7 Å². The molecule has 1 aliphatic heterocycles. The standard InChI is InChI=1S/C17H17N3O5/c1-9-15(10-4-2-3-5-11(10)18-9)13(21)8-25-14(22)7-6-12-16(23)20-17(24)19-12/h2-5,12,18H,6-8H2,1H3,(H2,19,20,23,24). The highest BCUT2D eigenvalue weighted by Crippen LogP contribution is 2.22. The molecule has 1 aliphatic rings. The van der Waals surface area contributed by atoms with Crippen molar-refractivity contribution in [3.8, 4) is 0 Å². The first-order valence-corrected chi connectivity index (χ1v) is 7.83. The minimum absolute atomic E-state index is 0.0709. The number of fused-ring (bicyclic) bond motifs is 1. The monoisotopic (exact) mass is 343 g/mol. The highest BCUT2D eigenvalue weighted by Gasteiger charge is 2.29. The van der Waals surface area contributed by atoms with Crippen LogP contribution >= 0.6 is 0 Å². The minimum atomic E-state index is -0.744. The van der Waals surface area contributed by atoms with Gasteiger partial charge in [0, 0.05) is 28.6 Å². The molecule has 0 radical (unpaired) electrons. The van der Waals surface area contributed by atoms with Crippen molar-refractivity contribution >= 4 is 34.6 Å². The summed E-state index contributed by atoms with van der Waals surface area (Å²) in [6.45, 7) is 1.42. The summed E-state index contributed by atoms with van der Waals surface area (Å²) < 4.78 is 5.01. The molecule has 1 aromatic carbocycles. The zero-order valence-corrected chi connectivity index (χ0v) is 13.5. The number of para-hydroxylation sites is 1. The number of esters is 1. The molecule has 8 heteroatoms. The third-order valence-electron chi connectivity index (χ3n) is 4.03. The van der Waals surface area contributed by atoms with Crippen molar-refractivity contribution in [2.75, 3.05) is 6.61 Å². The van der Waals surface area contributed by atoms with Gasteiger partial charge >= 0.3 is 12.0 Å². The zero-order valence-electron chi connectivity index (χ0n) is 13.5. The quantitative estimate of drug-likeness (QED) is 0.414. The number of carbonyl (C=O) groups excluding carboxylic acids is 4. The molecule has 2 aromatic rings. The molecule has 1 saturated heterocycles. The van der Waals surface area contributed by atoms with Gasteiger partial charge in [0.25, 0.3) is 5.91 Å². The number of aromatic amines is 1. The molecule has 25 heavy (non-hydrogen) atoms. The minimum Gasteiger partial charge on any atom is -0.457 e. The van der Waals surface area contributed by atoms with Crippen LogP contribution in [0.2, 0.25) is 0 Å². The van der Waals surface area contributed by atoms with E-state index in [4.69, 9.17) is 4.74 Å². The molecule has 1 unspecified atom stereocenters. The average Bonchev–Trinajstić information content (AvgIpc) is 3.08. The number of aryl methyl sites for hydroxylation is 1. The molecule has 1 aromatic heterocycles. The number of hydrogen-bond donors (Lipinski definition) is 3. The van der Waals surface area contributed by atoms with Crippen LogP contribution in [0.5, 0.6) is 0 Å². The van der Waals surface area contributed by atoms with Gasteiger partial charge in [-0.25, -0.2) is 4.79 Å². The normalized spacial score (nSPS) is 16.6. The van der Waals surface area contributed by atoms with E-state index in [0.29, 0.717) is 11.3 Å². The smallest absolute Gasteiger partial charge is 0.322 e. The maximum atomic E-state index is 12.4. The summed E-state index contributed by atoms with van der Waals surface area (Å²) >= 11 is 0. The number of hydrogen-bond acceptors (Lipinski definition) is 5. The van der Waals surface area contributed by atoms with Crippen LogP contribution in [-0.2, 0) is 14.3 Å². The maximum Gasteiger partial charge on any atom is 0.322 e. The number of urea groups is 1. The van der Waals surface area contributed by atoms with Gasteiger partial charge < -0.3 is 15.0 Å². The fourth-order valence-corrected chi connectivity index (χ4v) is 2.85. The number of ether oxygens (including phenoxy) is 1. The van der Waals surface area contributed by atoms with E-state index in [2.05, 4.69) is 15.6 Å². The number of ketones is 1. The Hall–Kier alpha value is -3.16. The Kier molecular flexibility index (Phi) is 4.51. The number of imide groups is 1. The Morgan fingerprint density at radius 2 is 1.96 bits per heavy atom. The predicted octanol–water partition coefficient (Wildman–Crippen LogP) is 1.19. The van der Waals surface area contributed by atoms with Crippen LogP contribution in [0.1, 0.15) is 28.9 Å². The molecule has 3 amide bonds. The summed E-state index contributed by atoms with van der Waals surface area (Å²) in [4.78, 5) is 49.7. The molecule has 0 spiro atoms. The maximum absolute atomic E-state index is 12.4.